The molecule has 2 heterocycles. The Morgan fingerprint density at radius 3 is 2.58 bits per heavy atom. The molecule has 0 radical (unpaired) electrons. The molecule has 0 spiro atoms. The van der Waals surface area contributed by atoms with Gasteiger partial charge >= 0.3 is 5.97 Å². The predicted octanol–water partition coefficient (Wildman–Crippen LogP) is 1.59. The summed E-state index contributed by atoms with van der Waals surface area (Å²) in [6.45, 7) is 5.06. The van der Waals surface area contributed by atoms with Crippen LogP contribution in [0.4, 0.5) is 5.69 Å². The van der Waals surface area contributed by atoms with Crippen molar-refractivity contribution in [3.8, 4) is 0 Å². The van der Waals surface area contributed by atoms with Gasteiger partial charge in [-0.15, -0.1) is 0 Å². The van der Waals surface area contributed by atoms with Gasteiger partial charge in [-0.1, -0.05) is 12.1 Å². The first-order valence-corrected chi connectivity index (χ1v) is 8.26. The number of aliphatic carboxylic acids is 1. The van der Waals surface area contributed by atoms with Crippen LogP contribution in [0.1, 0.15) is 24.0 Å². The predicted molar refractivity (Wildman–Crippen MR) is 88.7 cm³/mol. The number of amides is 2. The zero-order valence-corrected chi connectivity index (χ0v) is 14.0. The molecule has 2 saturated heterocycles. The van der Waals surface area contributed by atoms with Gasteiger partial charge in [-0.2, -0.15) is 0 Å². The number of rotatable bonds is 3. The first-order valence-electron chi connectivity index (χ1n) is 8.26. The number of benzene rings is 1. The molecule has 0 bridgehead atoms. The standard InChI is InChI=1S/C18H22N2O4/c1-11-4-3-5-15(12(11)2)20-10-14(8-16(20)21)17(22)19-7-6-13(9-19)18(23)24/h3-5,13-14H,6-10H2,1-2H3,(H,23,24)/t13-,14+/m1/s1. The molecular formula is C18H22N2O4. The van der Waals surface area contributed by atoms with Gasteiger partial charge in [-0.25, -0.2) is 0 Å². The van der Waals surface area contributed by atoms with Crippen molar-refractivity contribution in [3.63, 3.8) is 0 Å². The third kappa shape index (κ3) is 2.88. The van der Waals surface area contributed by atoms with Crippen LogP contribution in [0, 0.1) is 25.7 Å². The van der Waals surface area contributed by atoms with Crippen molar-refractivity contribution in [1.29, 1.82) is 0 Å². The van der Waals surface area contributed by atoms with Crippen molar-refractivity contribution in [1.82, 2.24) is 4.90 Å². The number of carboxylic acid groups (broad SMARTS) is 1. The van der Waals surface area contributed by atoms with E-state index >= 15 is 0 Å². The second-order valence-electron chi connectivity index (χ2n) is 6.73. The Morgan fingerprint density at radius 2 is 1.92 bits per heavy atom. The summed E-state index contributed by atoms with van der Waals surface area (Å²) < 4.78 is 0. The largest absolute Gasteiger partial charge is 0.481 e. The second-order valence-corrected chi connectivity index (χ2v) is 6.73. The summed E-state index contributed by atoms with van der Waals surface area (Å²) in [6, 6.07) is 5.82. The third-order valence-corrected chi connectivity index (χ3v) is 5.19. The van der Waals surface area contributed by atoms with E-state index in [2.05, 4.69) is 0 Å². The Morgan fingerprint density at radius 1 is 1.17 bits per heavy atom. The lowest BCUT2D eigenvalue weighted by Gasteiger charge is -2.22. The lowest BCUT2D eigenvalue weighted by atomic mass is 10.1. The van der Waals surface area contributed by atoms with Gasteiger partial charge in [0, 0.05) is 31.7 Å². The Balaban J connectivity index is 1.72. The maximum Gasteiger partial charge on any atom is 0.308 e. The summed E-state index contributed by atoms with van der Waals surface area (Å²) in [5, 5.41) is 9.07. The van der Waals surface area contributed by atoms with Crippen LogP contribution in [-0.2, 0) is 14.4 Å². The number of carbonyl (C=O) groups is 3. The van der Waals surface area contributed by atoms with Gasteiger partial charge in [0.15, 0.2) is 0 Å². The van der Waals surface area contributed by atoms with E-state index in [1.807, 2.05) is 32.0 Å². The molecule has 2 aliphatic heterocycles. The fourth-order valence-electron chi connectivity index (χ4n) is 3.55. The van der Waals surface area contributed by atoms with Gasteiger partial charge in [-0.05, 0) is 37.5 Å². The molecule has 2 aliphatic rings. The average Bonchev–Trinajstić information content (AvgIpc) is 3.16. The number of nitrogens with zero attached hydrogens (tertiary/aromatic N) is 2. The molecule has 0 aliphatic carbocycles. The normalized spacial score (nSPS) is 23.8. The second kappa shape index (κ2) is 6.26. The van der Waals surface area contributed by atoms with Crippen molar-refractivity contribution < 1.29 is 19.5 Å². The molecular weight excluding hydrogens is 308 g/mol. The molecule has 2 atom stereocenters. The van der Waals surface area contributed by atoms with Gasteiger partial charge in [0.25, 0.3) is 0 Å². The number of hydrogen-bond acceptors (Lipinski definition) is 3. The topological polar surface area (TPSA) is 77.9 Å². The van der Waals surface area contributed by atoms with Crippen LogP contribution in [0.2, 0.25) is 0 Å². The Kier molecular flexibility index (Phi) is 4.30. The maximum atomic E-state index is 12.6. The fourth-order valence-corrected chi connectivity index (χ4v) is 3.55. The average molecular weight is 330 g/mol. The van der Waals surface area contributed by atoms with Crippen LogP contribution in [0.25, 0.3) is 0 Å². The van der Waals surface area contributed by atoms with Gasteiger partial charge in [0.1, 0.15) is 0 Å². The van der Waals surface area contributed by atoms with Gasteiger partial charge in [0.2, 0.25) is 11.8 Å². The van der Waals surface area contributed by atoms with Crippen LogP contribution in [0.5, 0.6) is 0 Å². The molecule has 0 saturated carbocycles. The molecule has 1 aromatic rings. The maximum absolute atomic E-state index is 12.6. The molecule has 24 heavy (non-hydrogen) atoms. The zero-order valence-electron chi connectivity index (χ0n) is 14.0. The number of aryl methyl sites for hydroxylation is 1. The van der Waals surface area contributed by atoms with E-state index < -0.39 is 11.9 Å². The van der Waals surface area contributed by atoms with Crippen molar-refractivity contribution >= 4 is 23.5 Å². The van der Waals surface area contributed by atoms with Crippen LogP contribution < -0.4 is 4.90 Å². The SMILES string of the molecule is Cc1cccc(N2C[C@@H](C(=O)N3CC[C@@H](C(=O)O)C3)CC2=O)c1C. The van der Waals surface area contributed by atoms with E-state index in [1.165, 1.54) is 0 Å². The minimum Gasteiger partial charge on any atom is -0.481 e. The summed E-state index contributed by atoms with van der Waals surface area (Å²) in [5.41, 5.74) is 3.02. The Bertz CT molecular complexity index is 700. The monoisotopic (exact) mass is 330 g/mol. The lowest BCUT2D eigenvalue weighted by molar-refractivity contribution is -0.141. The van der Waals surface area contributed by atoms with Crippen molar-refractivity contribution in [2.75, 3.05) is 24.5 Å². The molecule has 6 nitrogen and oxygen atoms in total. The van der Waals surface area contributed by atoms with E-state index in [0.717, 1.165) is 16.8 Å². The van der Waals surface area contributed by atoms with Gasteiger partial charge in [0.05, 0.1) is 11.8 Å². The highest BCUT2D eigenvalue weighted by molar-refractivity contribution is 6.01. The van der Waals surface area contributed by atoms with Crippen molar-refractivity contribution in [3.05, 3.63) is 29.3 Å². The number of anilines is 1. The molecule has 128 valence electrons. The van der Waals surface area contributed by atoms with Gasteiger partial charge in [-0.3, -0.25) is 14.4 Å². The first-order chi connectivity index (χ1) is 11.4. The highest BCUT2D eigenvalue weighted by atomic mass is 16.4. The van der Waals surface area contributed by atoms with E-state index in [0.29, 0.717) is 19.5 Å². The summed E-state index contributed by atoms with van der Waals surface area (Å²) in [7, 11) is 0. The lowest BCUT2D eigenvalue weighted by Crippen LogP contribution is -2.36. The van der Waals surface area contributed by atoms with Crippen molar-refractivity contribution in [2.24, 2.45) is 11.8 Å². The van der Waals surface area contributed by atoms with E-state index in [1.54, 1.807) is 9.80 Å². The summed E-state index contributed by atoms with van der Waals surface area (Å²) >= 11 is 0. The molecule has 2 amide bonds. The first kappa shape index (κ1) is 16.5. The van der Waals surface area contributed by atoms with Crippen LogP contribution in [0.3, 0.4) is 0 Å². The van der Waals surface area contributed by atoms with Crippen molar-refractivity contribution in [2.45, 2.75) is 26.7 Å². The smallest absolute Gasteiger partial charge is 0.308 e. The van der Waals surface area contributed by atoms with E-state index in [4.69, 9.17) is 5.11 Å². The summed E-state index contributed by atoms with van der Waals surface area (Å²) in [4.78, 5) is 39.4. The summed E-state index contributed by atoms with van der Waals surface area (Å²) in [5.74, 6) is -1.87. The highest BCUT2D eigenvalue weighted by Gasteiger charge is 2.40. The van der Waals surface area contributed by atoms with Crippen LogP contribution in [-0.4, -0.2) is 47.4 Å². The van der Waals surface area contributed by atoms with Crippen LogP contribution >= 0.6 is 0 Å². The highest BCUT2D eigenvalue weighted by Crippen LogP contribution is 2.31. The fraction of sp³-hybridized carbons (Fsp3) is 0.500. The minimum atomic E-state index is -0.857. The molecule has 6 heteroatoms. The third-order valence-electron chi connectivity index (χ3n) is 5.19. The molecule has 0 unspecified atom stereocenters. The minimum absolute atomic E-state index is 0.0453. The Labute approximate surface area is 141 Å². The molecule has 1 aromatic carbocycles. The van der Waals surface area contributed by atoms with Gasteiger partial charge < -0.3 is 14.9 Å². The van der Waals surface area contributed by atoms with E-state index in [-0.39, 0.29) is 30.7 Å². The molecule has 1 N–H and O–H groups in total. The number of carbonyl (C=O) groups excluding carboxylic acids is 2. The number of likely N-dealkylation sites (tertiary alicyclic amines) is 1. The van der Waals surface area contributed by atoms with Crippen LogP contribution in [0.15, 0.2) is 18.2 Å². The number of carboxylic acids is 1. The number of hydrogen-bond donors (Lipinski definition) is 1. The van der Waals surface area contributed by atoms with E-state index in [9.17, 15) is 14.4 Å². The Hall–Kier alpha value is -2.37. The summed E-state index contributed by atoms with van der Waals surface area (Å²) in [6.07, 6.45) is 0.683. The molecule has 0 aromatic heterocycles. The quantitative estimate of drug-likeness (QED) is 0.913. The zero-order chi connectivity index (χ0) is 17.4. The molecule has 2 fully saturated rings. The molecule has 3 rings (SSSR count).